The molecule has 0 aromatic rings. The molecule has 0 saturated carbocycles. The molecule has 2 aliphatic heterocycles. The number of piperazine rings is 1. The number of hydrogen-bond acceptors (Lipinski definition) is 2. The second-order valence-electron chi connectivity index (χ2n) is 4.03. The largest absolute Gasteiger partial charge is 0.340 e. The van der Waals surface area contributed by atoms with Crippen molar-refractivity contribution in [1.29, 1.82) is 0 Å². The average Bonchev–Trinajstić information content (AvgIpc) is 2.63. The van der Waals surface area contributed by atoms with Crippen molar-refractivity contribution in [2.75, 3.05) is 26.2 Å². The molecule has 0 aromatic carbocycles. The summed E-state index contributed by atoms with van der Waals surface area (Å²) in [4.78, 5) is 16.0. The van der Waals surface area contributed by atoms with Crippen LogP contribution in [0.4, 0.5) is 0 Å². The molecule has 3 heteroatoms. The number of carbonyl (C=O) groups is 1. The molecule has 2 aliphatic rings. The maximum absolute atomic E-state index is 11.5. The molecule has 0 unspecified atom stereocenters. The summed E-state index contributed by atoms with van der Waals surface area (Å²) < 4.78 is 0. The minimum absolute atomic E-state index is 0.326. The fourth-order valence-corrected chi connectivity index (χ4v) is 2.44. The van der Waals surface area contributed by atoms with Gasteiger partial charge in [0.25, 0.3) is 0 Å². The second kappa shape index (κ2) is 3.66. The van der Waals surface area contributed by atoms with Gasteiger partial charge < -0.3 is 4.90 Å². The summed E-state index contributed by atoms with van der Waals surface area (Å²) in [7, 11) is 0. The van der Waals surface area contributed by atoms with E-state index in [-0.39, 0.29) is 0 Å². The van der Waals surface area contributed by atoms with Crippen LogP contribution in [0.1, 0.15) is 26.2 Å². The first-order valence-corrected chi connectivity index (χ1v) is 5.33. The number of fused-ring (bicyclic) bond motifs is 1. The van der Waals surface area contributed by atoms with E-state index in [1.165, 1.54) is 19.4 Å². The van der Waals surface area contributed by atoms with Crippen LogP contribution in [-0.4, -0.2) is 47.9 Å². The zero-order chi connectivity index (χ0) is 9.26. The van der Waals surface area contributed by atoms with Crippen LogP contribution in [0.25, 0.3) is 0 Å². The molecule has 2 fully saturated rings. The summed E-state index contributed by atoms with van der Waals surface area (Å²) in [6.45, 7) is 6.22. The van der Waals surface area contributed by atoms with Crippen molar-refractivity contribution in [3.63, 3.8) is 0 Å². The minimum Gasteiger partial charge on any atom is -0.340 e. The lowest BCUT2D eigenvalue weighted by molar-refractivity contribution is -0.133. The molecule has 0 aliphatic carbocycles. The van der Waals surface area contributed by atoms with Crippen LogP contribution in [0.5, 0.6) is 0 Å². The summed E-state index contributed by atoms with van der Waals surface area (Å²) in [5, 5.41) is 0. The Labute approximate surface area is 79.7 Å². The summed E-state index contributed by atoms with van der Waals surface area (Å²) in [6.07, 6.45) is 3.26. The lowest BCUT2D eigenvalue weighted by Crippen LogP contribution is -2.51. The van der Waals surface area contributed by atoms with E-state index >= 15 is 0 Å². The Morgan fingerprint density at radius 2 is 2.23 bits per heavy atom. The van der Waals surface area contributed by atoms with Crippen LogP contribution in [0, 0.1) is 0 Å². The highest BCUT2D eigenvalue weighted by Gasteiger charge is 2.31. The molecule has 13 heavy (non-hydrogen) atoms. The predicted octanol–water partition coefficient (Wildman–Crippen LogP) is 0.703. The van der Waals surface area contributed by atoms with E-state index in [1.807, 2.05) is 11.8 Å². The standard InChI is InChI=1S/C10H18N2O/c1-2-10(13)12-7-6-11-5-3-4-9(11)8-12/h9H,2-8H2,1H3/t9-/m0/s1. The van der Waals surface area contributed by atoms with Crippen molar-refractivity contribution in [3.8, 4) is 0 Å². The van der Waals surface area contributed by atoms with Crippen LogP contribution in [-0.2, 0) is 4.79 Å². The lowest BCUT2D eigenvalue weighted by Gasteiger charge is -2.37. The minimum atomic E-state index is 0.326. The number of rotatable bonds is 1. The number of nitrogens with zero attached hydrogens (tertiary/aromatic N) is 2. The molecule has 3 nitrogen and oxygen atoms in total. The molecule has 1 atom stereocenters. The third kappa shape index (κ3) is 1.70. The highest BCUT2D eigenvalue weighted by atomic mass is 16.2. The van der Waals surface area contributed by atoms with Gasteiger partial charge in [-0.15, -0.1) is 0 Å². The van der Waals surface area contributed by atoms with E-state index in [2.05, 4.69) is 4.90 Å². The Morgan fingerprint density at radius 1 is 1.38 bits per heavy atom. The predicted molar refractivity (Wildman–Crippen MR) is 51.5 cm³/mol. The summed E-state index contributed by atoms with van der Waals surface area (Å²) >= 11 is 0. The van der Waals surface area contributed by atoms with E-state index in [4.69, 9.17) is 0 Å². The molecule has 2 heterocycles. The van der Waals surface area contributed by atoms with Gasteiger partial charge in [0.1, 0.15) is 0 Å². The highest BCUT2D eigenvalue weighted by Crippen LogP contribution is 2.21. The Balaban J connectivity index is 1.93. The first-order chi connectivity index (χ1) is 6.31. The number of amides is 1. The summed E-state index contributed by atoms with van der Waals surface area (Å²) in [5.41, 5.74) is 0. The Hall–Kier alpha value is -0.570. The van der Waals surface area contributed by atoms with Gasteiger partial charge in [-0.05, 0) is 19.4 Å². The lowest BCUT2D eigenvalue weighted by atomic mass is 10.1. The van der Waals surface area contributed by atoms with E-state index < -0.39 is 0 Å². The Bertz CT molecular complexity index is 205. The second-order valence-corrected chi connectivity index (χ2v) is 4.03. The van der Waals surface area contributed by atoms with Crippen molar-refractivity contribution >= 4 is 5.91 Å². The fraction of sp³-hybridized carbons (Fsp3) is 0.900. The van der Waals surface area contributed by atoms with E-state index in [9.17, 15) is 4.79 Å². The van der Waals surface area contributed by atoms with Gasteiger partial charge in [0.15, 0.2) is 0 Å². The Morgan fingerprint density at radius 3 is 3.00 bits per heavy atom. The third-order valence-corrected chi connectivity index (χ3v) is 3.24. The quantitative estimate of drug-likeness (QED) is 0.596. The number of hydrogen-bond donors (Lipinski definition) is 0. The van der Waals surface area contributed by atoms with Crippen LogP contribution in [0.3, 0.4) is 0 Å². The maximum Gasteiger partial charge on any atom is 0.222 e. The van der Waals surface area contributed by atoms with Crippen molar-refractivity contribution in [3.05, 3.63) is 0 Å². The van der Waals surface area contributed by atoms with Crippen LogP contribution < -0.4 is 0 Å². The van der Waals surface area contributed by atoms with E-state index in [0.717, 1.165) is 19.6 Å². The smallest absolute Gasteiger partial charge is 0.222 e. The molecule has 0 bridgehead atoms. The summed E-state index contributed by atoms with van der Waals surface area (Å²) in [5.74, 6) is 0.326. The normalized spacial score (nSPS) is 29.0. The zero-order valence-electron chi connectivity index (χ0n) is 8.33. The van der Waals surface area contributed by atoms with Crippen molar-refractivity contribution < 1.29 is 4.79 Å². The van der Waals surface area contributed by atoms with Gasteiger partial charge in [-0.2, -0.15) is 0 Å². The van der Waals surface area contributed by atoms with Crippen LogP contribution >= 0.6 is 0 Å². The molecule has 74 valence electrons. The average molecular weight is 182 g/mol. The van der Waals surface area contributed by atoms with Crippen LogP contribution in [0.2, 0.25) is 0 Å². The van der Waals surface area contributed by atoms with E-state index in [1.54, 1.807) is 0 Å². The first-order valence-electron chi connectivity index (χ1n) is 5.33. The summed E-state index contributed by atoms with van der Waals surface area (Å²) in [6, 6.07) is 0.671. The first kappa shape index (κ1) is 9.00. The third-order valence-electron chi connectivity index (χ3n) is 3.24. The van der Waals surface area contributed by atoms with Gasteiger partial charge in [-0.3, -0.25) is 9.69 Å². The van der Waals surface area contributed by atoms with Gasteiger partial charge in [-0.25, -0.2) is 0 Å². The molecule has 0 aromatic heterocycles. The molecule has 2 saturated heterocycles. The fourth-order valence-electron chi connectivity index (χ4n) is 2.44. The maximum atomic E-state index is 11.5. The molecule has 1 amide bonds. The molecular weight excluding hydrogens is 164 g/mol. The van der Waals surface area contributed by atoms with Crippen molar-refractivity contribution in [2.24, 2.45) is 0 Å². The van der Waals surface area contributed by atoms with Crippen molar-refractivity contribution in [2.45, 2.75) is 32.2 Å². The molecule has 0 N–H and O–H groups in total. The zero-order valence-corrected chi connectivity index (χ0v) is 8.33. The molecule has 0 radical (unpaired) electrons. The Kier molecular flexibility index (Phi) is 2.54. The molecule has 0 spiro atoms. The monoisotopic (exact) mass is 182 g/mol. The van der Waals surface area contributed by atoms with Gasteiger partial charge >= 0.3 is 0 Å². The highest BCUT2D eigenvalue weighted by molar-refractivity contribution is 5.75. The van der Waals surface area contributed by atoms with E-state index in [0.29, 0.717) is 18.4 Å². The van der Waals surface area contributed by atoms with Gasteiger partial charge in [0.05, 0.1) is 0 Å². The van der Waals surface area contributed by atoms with Gasteiger partial charge in [-0.1, -0.05) is 6.92 Å². The SMILES string of the molecule is CCC(=O)N1CCN2CCC[C@H]2C1. The van der Waals surface area contributed by atoms with Crippen LogP contribution in [0.15, 0.2) is 0 Å². The number of carbonyl (C=O) groups excluding carboxylic acids is 1. The molecular formula is C10H18N2O. The molecule has 2 rings (SSSR count). The van der Waals surface area contributed by atoms with Crippen molar-refractivity contribution in [1.82, 2.24) is 9.80 Å². The van der Waals surface area contributed by atoms with Gasteiger partial charge in [0, 0.05) is 32.1 Å². The topological polar surface area (TPSA) is 23.6 Å². The van der Waals surface area contributed by atoms with Gasteiger partial charge in [0.2, 0.25) is 5.91 Å².